The van der Waals surface area contributed by atoms with E-state index in [2.05, 4.69) is 0 Å². The van der Waals surface area contributed by atoms with Crippen LogP contribution in [0.1, 0.15) is 22.3 Å². The second kappa shape index (κ2) is 5.36. The highest BCUT2D eigenvalue weighted by molar-refractivity contribution is 5.97. The number of aliphatic hydroxyl groups is 1. The third-order valence-corrected chi connectivity index (χ3v) is 3.28. The van der Waals surface area contributed by atoms with Crippen LogP contribution in [-0.4, -0.2) is 45.7 Å². The van der Waals surface area contributed by atoms with E-state index in [-0.39, 0.29) is 18.5 Å². The first-order valence-electron chi connectivity index (χ1n) is 6.09. The van der Waals surface area contributed by atoms with Crippen LogP contribution >= 0.6 is 0 Å². The van der Waals surface area contributed by atoms with Crippen LogP contribution in [0.4, 0.5) is 13.2 Å². The highest BCUT2D eigenvalue weighted by Gasteiger charge is 2.39. The fourth-order valence-corrected chi connectivity index (χ4v) is 2.24. The monoisotopic (exact) mass is 303 g/mol. The molecule has 1 amide bonds. The SMILES string of the molecule is O=C(O)[C@H]1C[C@@H](O)CN1C(=O)c1ccc(C(F)(F)F)cc1. The average Bonchev–Trinajstić information content (AvgIpc) is 2.79. The summed E-state index contributed by atoms with van der Waals surface area (Å²) in [5.41, 5.74) is -0.946. The van der Waals surface area contributed by atoms with Gasteiger partial charge in [0.05, 0.1) is 11.7 Å². The smallest absolute Gasteiger partial charge is 0.416 e. The Kier molecular flexibility index (Phi) is 3.91. The van der Waals surface area contributed by atoms with E-state index < -0.39 is 35.8 Å². The molecule has 1 aliphatic rings. The van der Waals surface area contributed by atoms with Crippen molar-refractivity contribution < 1.29 is 33.0 Å². The summed E-state index contributed by atoms with van der Waals surface area (Å²) in [5.74, 6) is -1.97. The van der Waals surface area contributed by atoms with Crippen molar-refractivity contribution in [3.63, 3.8) is 0 Å². The molecule has 0 radical (unpaired) electrons. The summed E-state index contributed by atoms with van der Waals surface area (Å²) in [7, 11) is 0. The molecule has 0 aliphatic carbocycles. The van der Waals surface area contributed by atoms with Gasteiger partial charge in [-0.2, -0.15) is 13.2 Å². The Morgan fingerprint density at radius 3 is 2.24 bits per heavy atom. The van der Waals surface area contributed by atoms with E-state index in [0.717, 1.165) is 29.2 Å². The highest BCUT2D eigenvalue weighted by Crippen LogP contribution is 2.29. The van der Waals surface area contributed by atoms with Crippen molar-refractivity contribution in [1.82, 2.24) is 4.90 Å². The van der Waals surface area contributed by atoms with Crippen LogP contribution in [0.15, 0.2) is 24.3 Å². The number of hydrogen-bond acceptors (Lipinski definition) is 3. The first-order valence-corrected chi connectivity index (χ1v) is 6.09. The summed E-state index contributed by atoms with van der Waals surface area (Å²) in [4.78, 5) is 24.1. The first-order chi connectivity index (χ1) is 9.70. The fraction of sp³-hybridized carbons (Fsp3) is 0.385. The van der Waals surface area contributed by atoms with E-state index in [1.54, 1.807) is 0 Å². The minimum atomic E-state index is -4.50. The van der Waals surface area contributed by atoms with Gasteiger partial charge in [-0.25, -0.2) is 4.79 Å². The zero-order chi connectivity index (χ0) is 15.8. The van der Waals surface area contributed by atoms with Gasteiger partial charge in [-0.15, -0.1) is 0 Å². The maximum absolute atomic E-state index is 12.4. The molecule has 1 aliphatic heterocycles. The summed E-state index contributed by atoms with van der Waals surface area (Å²) in [6.07, 6.45) is -5.55. The van der Waals surface area contributed by atoms with Gasteiger partial charge in [-0.3, -0.25) is 4.79 Å². The number of aliphatic carboxylic acids is 1. The van der Waals surface area contributed by atoms with Crippen molar-refractivity contribution in [3.8, 4) is 0 Å². The second-order valence-corrected chi connectivity index (χ2v) is 4.78. The number of alkyl halides is 3. The number of rotatable bonds is 2. The Morgan fingerprint density at radius 1 is 1.19 bits per heavy atom. The lowest BCUT2D eigenvalue weighted by Crippen LogP contribution is -2.40. The van der Waals surface area contributed by atoms with Crippen LogP contribution in [0.2, 0.25) is 0 Å². The molecular weight excluding hydrogens is 291 g/mol. The molecule has 2 rings (SSSR count). The van der Waals surface area contributed by atoms with Gasteiger partial charge >= 0.3 is 12.1 Å². The quantitative estimate of drug-likeness (QED) is 0.865. The fourth-order valence-electron chi connectivity index (χ4n) is 2.24. The van der Waals surface area contributed by atoms with Gasteiger partial charge < -0.3 is 15.1 Å². The molecule has 1 aromatic rings. The zero-order valence-electron chi connectivity index (χ0n) is 10.7. The highest BCUT2D eigenvalue weighted by atomic mass is 19.4. The molecule has 0 aromatic heterocycles. The summed E-state index contributed by atoms with van der Waals surface area (Å²) in [6, 6.07) is 2.34. The van der Waals surface area contributed by atoms with Crippen molar-refractivity contribution in [3.05, 3.63) is 35.4 Å². The predicted octanol–water partition coefficient (Wildman–Crippen LogP) is 1.37. The van der Waals surface area contributed by atoms with E-state index in [9.17, 15) is 27.9 Å². The summed E-state index contributed by atoms with van der Waals surface area (Å²) < 4.78 is 37.3. The van der Waals surface area contributed by atoms with Gasteiger partial charge in [-0.05, 0) is 24.3 Å². The molecular formula is C13H12F3NO4. The van der Waals surface area contributed by atoms with Crippen molar-refractivity contribution in [1.29, 1.82) is 0 Å². The molecule has 0 spiro atoms. The molecule has 5 nitrogen and oxygen atoms in total. The number of carbonyl (C=O) groups excluding carboxylic acids is 1. The Labute approximate surface area is 117 Å². The third kappa shape index (κ3) is 3.15. The van der Waals surface area contributed by atoms with Gasteiger partial charge in [0, 0.05) is 18.5 Å². The van der Waals surface area contributed by atoms with E-state index in [1.165, 1.54) is 0 Å². The number of halogens is 3. The molecule has 0 saturated carbocycles. The normalized spacial score (nSPS) is 22.4. The molecule has 0 bridgehead atoms. The van der Waals surface area contributed by atoms with E-state index in [4.69, 9.17) is 5.11 Å². The predicted molar refractivity (Wildman–Crippen MR) is 64.5 cm³/mol. The maximum atomic E-state index is 12.4. The number of carbonyl (C=O) groups is 2. The largest absolute Gasteiger partial charge is 0.480 e. The standard InChI is InChI=1S/C13H12F3NO4/c14-13(15,16)8-3-1-7(2-4-8)11(19)17-6-9(18)5-10(17)12(20)21/h1-4,9-10,18H,5-6H2,(H,20,21)/t9-,10-/m1/s1. The number of likely N-dealkylation sites (tertiary alicyclic amines) is 1. The lowest BCUT2D eigenvalue weighted by atomic mass is 10.1. The molecule has 1 saturated heterocycles. The number of benzene rings is 1. The molecule has 21 heavy (non-hydrogen) atoms. The van der Waals surface area contributed by atoms with Crippen LogP contribution < -0.4 is 0 Å². The molecule has 2 N–H and O–H groups in total. The number of nitrogens with zero attached hydrogens (tertiary/aromatic N) is 1. The van der Waals surface area contributed by atoms with Gasteiger partial charge in [0.25, 0.3) is 5.91 Å². The van der Waals surface area contributed by atoms with Crippen molar-refractivity contribution in [2.24, 2.45) is 0 Å². The molecule has 1 aromatic carbocycles. The second-order valence-electron chi connectivity index (χ2n) is 4.78. The van der Waals surface area contributed by atoms with Gasteiger partial charge in [-0.1, -0.05) is 0 Å². The van der Waals surface area contributed by atoms with Crippen molar-refractivity contribution >= 4 is 11.9 Å². The molecule has 0 unspecified atom stereocenters. The summed E-state index contributed by atoms with van der Waals surface area (Å²) in [5, 5.41) is 18.5. The van der Waals surface area contributed by atoms with Crippen LogP contribution in [0.25, 0.3) is 0 Å². The minimum absolute atomic E-state index is 0.0525. The minimum Gasteiger partial charge on any atom is -0.480 e. The van der Waals surface area contributed by atoms with E-state index in [1.807, 2.05) is 0 Å². The molecule has 2 atom stereocenters. The first kappa shape index (κ1) is 15.3. The summed E-state index contributed by atoms with van der Waals surface area (Å²) >= 11 is 0. The number of amides is 1. The lowest BCUT2D eigenvalue weighted by molar-refractivity contribution is -0.141. The Balaban J connectivity index is 2.22. The Morgan fingerprint density at radius 2 is 1.76 bits per heavy atom. The number of carboxylic acids is 1. The number of β-amino-alcohol motifs (C(OH)–C–C–N with tert-alkyl or cyclic N) is 1. The van der Waals surface area contributed by atoms with Gasteiger partial charge in [0.15, 0.2) is 0 Å². The Bertz CT molecular complexity index is 556. The van der Waals surface area contributed by atoms with Crippen LogP contribution in [0, 0.1) is 0 Å². The molecule has 114 valence electrons. The average molecular weight is 303 g/mol. The zero-order valence-corrected chi connectivity index (χ0v) is 10.7. The Hall–Kier alpha value is -2.09. The number of hydrogen-bond donors (Lipinski definition) is 2. The van der Waals surface area contributed by atoms with Crippen molar-refractivity contribution in [2.45, 2.75) is 24.7 Å². The van der Waals surface area contributed by atoms with Crippen LogP contribution in [-0.2, 0) is 11.0 Å². The number of carboxylic acid groups (broad SMARTS) is 1. The third-order valence-electron chi connectivity index (χ3n) is 3.28. The van der Waals surface area contributed by atoms with Crippen LogP contribution in [0.3, 0.4) is 0 Å². The lowest BCUT2D eigenvalue weighted by Gasteiger charge is -2.21. The van der Waals surface area contributed by atoms with Crippen molar-refractivity contribution in [2.75, 3.05) is 6.54 Å². The van der Waals surface area contributed by atoms with Gasteiger partial charge in [0.2, 0.25) is 0 Å². The van der Waals surface area contributed by atoms with E-state index >= 15 is 0 Å². The summed E-state index contributed by atoms with van der Waals surface area (Å²) in [6.45, 7) is -0.156. The maximum Gasteiger partial charge on any atom is 0.416 e. The van der Waals surface area contributed by atoms with Gasteiger partial charge in [0.1, 0.15) is 6.04 Å². The van der Waals surface area contributed by atoms with Crippen LogP contribution in [0.5, 0.6) is 0 Å². The van der Waals surface area contributed by atoms with E-state index in [0.29, 0.717) is 0 Å². The topological polar surface area (TPSA) is 77.8 Å². The number of aliphatic hydroxyl groups excluding tert-OH is 1. The molecule has 8 heteroatoms. The molecule has 1 heterocycles. The molecule has 1 fully saturated rings.